The van der Waals surface area contributed by atoms with E-state index < -0.39 is 36.5 Å². The number of carbonyl (C=O) groups excluding carboxylic acids is 1. The van der Waals surface area contributed by atoms with Crippen molar-refractivity contribution in [2.24, 2.45) is 0 Å². The summed E-state index contributed by atoms with van der Waals surface area (Å²) in [4.78, 5) is 12.0. The van der Waals surface area contributed by atoms with E-state index in [9.17, 15) is 25.2 Å². The van der Waals surface area contributed by atoms with Gasteiger partial charge in [0.2, 0.25) is 0 Å². The molecular formula is C24H34O6. The molecule has 0 aromatic heterocycles. The Morgan fingerprint density at radius 1 is 0.900 bits per heavy atom. The molecular weight excluding hydrogens is 384 g/mol. The van der Waals surface area contributed by atoms with Gasteiger partial charge < -0.3 is 25.2 Å². The van der Waals surface area contributed by atoms with Crippen molar-refractivity contribution in [3.63, 3.8) is 0 Å². The van der Waals surface area contributed by atoms with Crippen molar-refractivity contribution < 1.29 is 30.0 Å². The largest absolute Gasteiger partial charge is 0.459 e. The lowest BCUT2D eigenvalue weighted by atomic mass is 10.1. The van der Waals surface area contributed by atoms with E-state index in [-0.39, 0.29) is 19.3 Å². The van der Waals surface area contributed by atoms with E-state index in [1.54, 1.807) is 61.6 Å². The van der Waals surface area contributed by atoms with Gasteiger partial charge in [0.25, 0.3) is 0 Å². The van der Waals surface area contributed by atoms with E-state index in [1.165, 1.54) is 12.2 Å². The van der Waals surface area contributed by atoms with Crippen molar-refractivity contribution in [1.29, 1.82) is 0 Å². The van der Waals surface area contributed by atoms with Gasteiger partial charge in [-0.15, -0.1) is 0 Å². The number of allylic oxidation sites excluding steroid dienone is 8. The van der Waals surface area contributed by atoms with Crippen molar-refractivity contribution >= 4 is 5.97 Å². The van der Waals surface area contributed by atoms with Gasteiger partial charge in [-0.05, 0) is 26.2 Å². The van der Waals surface area contributed by atoms with E-state index >= 15 is 0 Å². The minimum absolute atomic E-state index is 0.178. The van der Waals surface area contributed by atoms with E-state index in [0.717, 1.165) is 0 Å². The van der Waals surface area contributed by atoms with Crippen LogP contribution in [-0.4, -0.2) is 56.9 Å². The first-order valence-corrected chi connectivity index (χ1v) is 10.3. The van der Waals surface area contributed by atoms with Crippen LogP contribution in [0.15, 0.2) is 72.9 Å². The number of esters is 1. The zero-order valence-corrected chi connectivity index (χ0v) is 17.5. The normalized spacial score (nSPS) is 34.9. The van der Waals surface area contributed by atoms with E-state index in [4.69, 9.17) is 4.74 Å². The van der Waals surface area contributed by atoms with Crippen LogP contribution in [0.25, 0.3) is 0 Å². The van der Waals surface area contributed by atoms with E-state index in [1.807, 2.05) is 6.08 Å². The van der Waals surface area contributed by atoms with Gasteiger partial charge in [-0.2, -0.15) is 0 Å². The molecule has 0 amide bonds. The summed E-state index contributed by atoms with van der Waals surface area (Å²) in [6.45, 7) is 1.60. The Kier molecular flexibility index (Phi) is 13.4. The van der Waals surface area contributed by atoms with Gasteiger partial charge in [0.05, 0.1) is 24.4 Å². The van der Waals surface area contributed by atoms with Crippen molar-refractivity contribution in [3.05, 3.63) is 72.9 Å². The highest BCUT2D eigenvalue weighted by Gasteiger charge is 2.18. The Hall–Kier alpha value is -2.25. The van der Waals surface area contributed by atoms with E-state index in [0.29, 0.717) is 12.8 Å². The zero-order valence-electron chi connectivity index (χ0n) is 17.5. The molecule has 6 heteroatoms. The van der Waals surface area contributed by atoms with Crippen LogP contribution >= 0.6 is 0 Å². The van der Waals surface area contributed by atoms with Gasteiger partial charge in [-0.3, -0.25) is 0 Å². The number of aliphatic hydroxyl groups excluding tert-OH is 4. The van der Waals surface area contributed by atoms with Gasteiger partial charge in [-0.1, -0.05) is 66.8 Å². The van der Waals surface area contributed by atoms with Crippen LogP contribution in [-0.2, 0) is 9.53 Å². The topological polar surface area (TPSA) is 107 Å². The van der Waals surface area contributed by atoms with Crippen LogP contribution < -0.4 is 0 Å². The number of hydrogen-bond donors (Lipinski definition) is 4. The maximum Gasteiger partial charge on any atom is 0.331 e. The molecule has 1 aliphatic heterocycles. The quantitative estimate of drug-likeness (QED) is 0.514. The SMILES string of the molecule is C[C@H](O)C[C@H]1C[C@H](O)/C=C/C=C/C=C/C[C@H](O)C[C@@H](O)C/C=C/C=C/C=C/C(=O)O1. The standard InChI is InChI=1S/C24H34O6/c1-19(25)16-23-18-22(28)14-10-5-2-4-8-12-20(26)17-21(27)13-9-6-3-7-11-15-24(29)30-23/h2-11,14-15,19-23,25-28H,12-13,16-18H2,1H3/b5-2+,7-3+,8-4+,9-6+,14-10+,15-11+/t19-,20-,21-,22+,23-/m0/s1. The molecule has 1 aliphatic rings. The number of aliphatic hydroxyl groups is 4. The number of carbonyl (C=O) groups is 1. The molecule has 6 nitrogen and oxygen atoms in total. The highest BCUT2D eigenvalue weighted by molar-refractivity contribution is 5.82. The first-order valence-electron chi connectivity index (χ1n) is 10.3. The van der Waals surface area contributed by atoms with Crippen molar-refractivity contribution in [1.82, 2.24) is 0 Å². The maximum atomic E-state index is 12.0. The predicted octanol–water partition coefficient (Wildman–Crippen LogP) is 2.66. The molecule has 0 saturated carbocycles. The van der Waals surface area contributed by atoms with Gasteiger partial charge in [-0.25, -0.2) is 4.79 Å². The average molecular weight is 419 g/mol. The Labute approximate surface area is 178 Å². The number of hydrogen-bond acceptors (Lipinski definition) is 6. The Morgan fingerprint density at radius 2 is 1.47 bits per heavy atom. The van der Waals surface area contributed by atoms with Gasteiger partial charge in [0.15, 0.2) is 0 Å². The summed E-state index contributed by atoms with van der Waals surface area (Å²) in [5.74, 6) is -0.554. The van der Waals surface area contributed by atoms with Crippen LogP contribution in [0, 0.1) is 0 Å². The molecule has 30 heavy (non-hydrogen) atoms. The summed E-state index contributed by atoms with van der Waals surface area (Å²) < 4.78 is 5.35. The maximum absolute atomic E-state index is 12.0. The molecule has 0 aromatic rings. The predicted molar refractivity (Wildman–Crippen MR) is 118 cm³/mol. The van der Waals surface area contributed by atoms with Crippen molar-refractivity contribution in [2.45, 2.75) is 69.5 Å². The fourth-order valence-corrected chi connectivity index (χ4v) is 2.84. The lowest BCUT2D eigenvalue weighted by Gasteiger charge is -2.20. The first-order chi connectivity index (χ1) is 14.4. The minimum atomic E-state index is -0.828. The average Bonchev–Trinajstić information content (AvgIpc) is 2.65. The van der Waals surface area contributed by atoms with E-state index in [2.05, 4.69) is 0 Å². The molecule has 4 N–H and O–H groups in total. The van der Waals surface area contributed by atoms with Crippen molar-refractivity contribution in [3.8, 4) is 0 Å². The lowest BCUT2D eigenvalue weighted by molar-refractivity contribution is -0.145. The molecule has 0 aromatic carbocycles. The third-order valence-electron chi connectivity index (χ3n) is 4.26. The highest BCUT2D eigenvalue weighted by Crippen LogP contribution is 2.12. The Bertz CT molecular complexity index is 657. The second-order valence-corrected chi connectivity index (χ2v) is 7.33. The molecule has 0 fully saturated rings. The molecule has 0 aliphatic carbocycles. The summed E-state index contributed by atoms with van der Waals surface area (Å²) >= 11 is 0. The molecule has 1 heterocycles. The summed E-state index contributed by atoms with van der Waals surface area (Å²) in [5, 5.41) is 39.7. The molecule has 0 bridgehead atoms. The summed E-state index contributed by atoms with van der Waals surface area (Å²) in [7, 11) is 0. The van der Waals surface area contributed by atoms with Crippen LogP contribution in [0.5, 0.6) is 0 Å². The summed E-state index contributed by atoms with van der Waals surface area (Å²) in [6.07, 6.45) is 18.3. The van der Waals surface area contributed by atoms with Crippen LogP contribution in [0.2, 0.25) is 0 Å². The zero-order chi connectivity index (χ0) is 22.2. The smallest absolute Gasteiger partial charge is 0.331 e. The number of rotatable bonds is 2. The van der Waals surface area contributed by atoms with Crippen molar-refractivity contribution in [2.75, 3.05) is 0 Å². The molecule has 0 saturated heterocycles. The highest BCUT2D eigenvalue weighted by atomic mass is 16.5. The molecule has 5 atom stereocenters. The molecule has 0 spiro atoms. The summed E-state index contributed by atoms with van der Waals surface area (Å²) in [6, 6.07) is 0. The Balaban J connectivity index is 2.84. The fraction of sp³-hybridized carbons (Fsp3) is 0.458. The van der Waals surface area contributed by atoms with Gasteiger partial charge >= 0.3 is 5.97 Å². The fourth-order valence-electron chi connectivity index (χ4n) is 2.84. The minimum Gasteiger partial charge on any atom is -0.459 e. The number of ether oxygens (including phenoxy) is 1. The molecule has 166 valence electrons. The summed E-state index contributed by atoms with van der Waals surface area (Å²) in [5.41, 5.74) is 0. The van der Waals surface area contributed by atoms with Gasteiger partial charge in [0.1, 0.15) is 6.10 Å². The monoisotopic (exact) mass is 418 g/mol. The third kappa shape index (κ3) is 13.8. The second-order valence-electron chi connectivity index (χ2n) is 7.33. The molecule has 0 radical (unpaired) electrons. The van der Waals surface area contributed by atoms with Crippen LogP contribution in [0.1, 0.15) is 39.0 Å². The van der Waals surface area contributed by atoms with Crippen LogP contribution in [0.3, 0.4) is 0 Å². The second kappa shape index (κ2) is 15.6. The van der Waals surface area contributed by atoms with Crippen LogP contribution in [0.4, 0.5) is 0 Å². The lowest BCUT2D eigenvalue weighted by Crippen LogP contribution is -2.26. The first kappa shape index (κ1) is 25.8. The third-order valence-corrected chi connectivity index (χ3v) is 4.26. The molecule has 1 rings (SSSR count). The molecule has 0 unspecified atom stereocenters. The number of cyclic esters (lactones) is 1. The Morgan fingerprint density at radius 3 is 2.07 bits per heavy atom. The van der Waals surface area contributed by atoms with Gasteiger partial charge in [0, 0.05) is 18.9 Å².